The summed E-state index contributed by atoms with van der Waals surface area (Å²) in [5.74, 6) is -0.404. The Morgan fingerprint density at radius 3 is 2.95 bits per heavy atom. The van der Waals surface area contributed by atoms with Crippen molar-refractivity contribution in [3.63, 3.8) is 0 Å². The lowest BCUT2D eigenvalue weighted by Gasteiger charge is -2.22. The third-order valence-electron chi connectivity index (χ3n) is 3.66. The minimum absolute atomic E-state index is 0.0244. The zero-order valence-electron chi connectivity index (χ0n) is 10.4. The fraction of sp³-hybridized carbons (Fsp3) is 0.750. The molecule has 19 heavy (non-hydrogen) atoms. The first-order valence-electron chi connectivity index (χ1n) is 6.25. The van der Waals surface area contributed by atoms with Crippen molar-refractivity contribution in [2.75, 3.05) is 5.75 Å². The largest absolute Gasteiger partial charge is 0.455 e. The van der Waals surface area contributed by atoms with Gasteiger partial charge in [0, 0.05) is 12.7 Å². The smallest absolute Gasteiger partial charge is 0.312 e. The zero-order chi connectivity index (χ0) is 13.6. The molecule has 5 unspecified atom stereocenters. The molecular weight excluding hydrogens is 272 g/mol. The van der Waals surface area contributed by atoms with Crippen molar-refractivity contribution in [2.45, 2.75) is 44.2 Å². The van der Waals surface area contributed by atoms with Gasteiger partial charge in [0.2, 0.25) is 0 Å². The Morgan fingerprint density at radius 2 is 2.21 bits per heavy atom. The van der Waals surface area contributed by atoms with Crippen molar-refractivity contribution in [1.29, 1.82) is 0 Å². The topological polar surface area (TPSA) is 78.9 Å². The molecule has 3 heterocycles. The fourth-order valence-electron chi connectivity index (χ4n) is 2.87. The van der Waals surface area contributed by atoms with Crippen LogP contribution >= 0.6 is 11.8 Å². The fourth-order valence-corrected chi connectivity index (χ4v) is 3.43. The zero-order valence-corrected chi connectivity index (χ0v) is 11.2. The predicted molar refractivity (Wildman–Crippen MR) is 64.3 cm³/mol. The monoisotopic (exact) mass is 286 g/mol. The van der Waals surface area contributed by atoms with Crippen LogP contribution in [0.1, 0.15) is 19.8 Å². The lowest BCUT2D eigenvalue weighted by molar-refractivity contribution is -0.160. The highest BCUT2D eigenvalue weighted by Crippen LogP contribution is 2.47. The van der Waals surface area contributed by atoms with Gasteiger partial charge in [-0.2, -0.15) is 0 Å². The summed E-state index contributed by atoms with van der Waals surface area (Å²) >= 11 is 1.09. The molecule has 3 rings (SSSR count). The summed E-state index contributed by atoms with van der Waals surface area (Å²) in [6.07, 6.45) is -0.663. The summed E-state index contributed by atoms with van der Waals surface area (Å²) in [5.41, 5.74) is 0. The first-order chi connectivity index (χ1) is 9.06. The molecule has 104 valence electrons. The van der Waals surface area contributed by atoms with Gasteiger partial charge in [-0.15, -0.1) is 0 Å². The molecule has 5 atom stereocenters. The second-order valence-electron chi connectivity index (χ2n) is 4.93. The minimum Gasteiger partial charge on any atom is -0.455 e. The number of rotatable bonds is 4. The number of thioether (sulfide) groups is 1. The van der Waals surface area contributed by atoms with E-state index in [0.29, 0.717) is 12.2 Å². The number of hydrogen-bond donors (Lipinski definition) is 0. The van der Waals surface area contributed by atoms with Gasteiger partial charge in [-0.25, -0.2) is 0 Å². The molecule has 2 bridgehead atoms. The Morgan fingerprint density at radius 1 is 1.42 bits per heavy atom. The van der Waals surface area contributed by atoms with E-state index in [0.717, 1.165) is 11.8 Å². The molecule has 7 heteroatoms. The molecule has 3 fully saturated rings. The second kappa shape index (κ2) is 4.79. The number of fused-ring (bicyclic) bond motifs is 1. The maximum Gasteiger partial charge on any atom is 0.312 e. The molecule has 0 aromatic heterocycles. The van der Waals surface area contributed by atoms with Crippen molar-refractivity contribution < 1.29 is 28.6 Å². The van der Waals surface area contributed by atoms with Crippen LogP contribution in [0.15, 0.2) is 0 Å². The van der Waals surface area contributed by atoms with Gasteiger partial charge in [-0.1, -0.05) is 11.8 Å². The normalized spacial score (nSPS) is 38.4. The van der Waals surface area contributed by atoms with Gasteiger partial charge in [0.05, 0.1) is 18.4 Å². The average Bonchev–Trinajstić information content (AvgIpc) is 2.93. The van der Waals surface area contributed by atoms with E-state index in [4.69, 9.17) is 14.2 Å². The van der Waals surface area contributed by atoms with Gasteiger partial charge in [0.15, 0.2) is 17.3 Å². The standard InChI is InChI=1S/C12H14O6S/c1-5(13)19-3-2-8(14)17-10-7-4-6-9(16-7)11(10)18-12(6)15/h6-7,9-11H,2-4H2,1H3. The molecule has 0 aromatic rings. The summed E-state index contributed by atoms with van der Waals surface area (Å²) in [7, 11) is 0. The molecule has 3 aliphatic heterocycles. The summed E-state index contributed by atoms with van der Waals surface area (Å²) in [4.78, 5) is 33.9. The van der Waals surface area contributed by atoms with E-state index in [-0.39, 0.29) is 41.6 Å². The number of carbonyl (C=O) groups excluding carboxylic acids is 3. The van der Waals surface area contributed by atoms with E-state index >= 15 is 0 Å². The number of esters is 2. The van der Waals surface area contributed by atoms with Crippen molar-refractivity contribution in [1.82, 2.24) is 0 Å². The predicted octanol–water partition coefficient (Wildman–Crippen LogP) is 0.281. The second-order valence-corrected chi connectivity index (χ2v) is 6.20. The quantitative estimate of drug-likeness (QED) is 0.687. The van der Waals surface area contributed by atoms with E-state index in [2.05, 4.69) is 0 Å². The van der Waals surface area contributed by atoms with E-state index in [1.54, 1.807) is 0 Å². The Hall–Kier alpha value is -1.08. The van der Waals surface area contributed by atoms with Crippen molar-refractivity contribution in [3.8, 4) is 0 Å². The summed E-state index contributed by atoms with van der Waals surface area (Å²) in [6, 6.07) is 0. The molecule has 0 N–H and O–H groups in total. The van der Waals surface area contributed by atoms with E-state index in [1.807, 2.05) is 0 Å². The van der Waals surface area contributed by atoms with Crippen LogP contribution in [0, 0.1) is 5.92 Å². The number of carbonyl (C=O) groups is 3. The highest BCUT2D eigenvalue weighted by Gasteiger charge is 2.65. The molecule has 0 amide bonds. The van der Waals surface area contributed by atoms with Crippen LogP contribution < -0.4 is 0 Å². The van der Waals surface area contributed by atoms with Crippen LogP contribution in [0.5, 0.6) is 0 Å². The molecular formula is C12H14O6S. The van der Waals surface area contributed by atoms with Crippen LogP contribution in [0.2, 0.25) is 0 Å². The van der Waals surface area contributed by atoms with Gasteiger partial charge in [-0.3, -0.25) is 14.4 Å². The first-order valence-corrected chi connectivity index (χ1v) is 7.23. The molecule has 0 spiro atoms. The molecule has 6 nitrogen and oxygen atoms in total. The van der Waals surface area contributed by atoms with E-state index in [1.165, 1.54) is 6.92 Å². The molecule has 0 aromatic carbocycles. The Kier molecular flexibility index (Phi) is 3.26. The van der Waals surface area contributed by atoms with Gasteiger partial charge in [-0.05, 0) is 6.42 Å². The van der Waals surface area contributed by atoms with Gasteiger partial charge in [0.1, 0.15) is 6.10 Å². The molecule has 0 saturated carbocycles. The summed E-state index contributed by atoms with van der Waals surface area (Å²) < 4.78 is 16.1. The highest BCUT2D eigenvalue weighted by atomic mass is 32.2. The number of hydrogen-bond acceptors (Lipinski definition) is 7. The van der Waals surface area contributed by atoms with Gasteiger partial charge >= 0.3 is 11.9 Å². The maximum atomic E-state index is 11.7. The van der Waals surface area contributed by atoms with Crippen molar-refractivity contribution in [3.05, 3.63) is 0 Å². The van der Waals surface area contributed by atoms with E-state index < -0.39 is 12.2 Å². The van der Waals surface area contributed by atoms with Crippen LogP contribution in [-0.4, -0.2) is 47.2 Å². The molecule has 0 aliphatic carbocycles. The third kappa shape index (κ3) is 2.25. The average molecular weight is 286 g/mol. The van der Waals surface area contributed by atoms with Crippen LogP contribution in [-0.2, 0) is 28.6 Å². The maximum absolute atomic E-state index is 11.7. The van der Waals surface area contributed by atoms with Crippen LogP contribution in [0.25, 0.3) is 0 Å². The Balaban J connectivity index is 1.53. The Labute approximate surface area is 114 Å². The Bertz CT molecular complexity index is 436. The molecule has 3 saturated heterocycles. The van der Waals surface area contributed by atoms with Gasteiger partial charge in [0.25, 0.3) is 0 Å². The third-order valence-corrected chi connectivity index (χ3v) is 4.48. The van der Waals surface area contributed by atoms with Gasteiger partial charge < -0.3 is 14.2 Å². The lowest BCUT2D eigenvalue weighted by atomic mass is 9.88. The van der Waals surface area contributed by atoms with Crippen molar-refractivity contribution >= 4 is 28.8 Å². The number of ether oxygens (including phenoxy) is 3. The lowest BCUT2D eigenvalue weighted by Crippen LogP contribution is -2.40. The molecule has 0 radical (unpaired) electrons. The van der Waals surface area contributed by atoms with Crippen LogP contribution in [0.3, 0.4) is 0 Å². The summed E-state index contributed by atoms with van der Waals surface area (Å²) in [5, 5.41) is -0.0244. The van der Waals surface area contributed by atoms with Crippen molar-refractivity contribution in [2.24, 2.45) is 5.92 Å². The molecule has 3 aliphatic rings. The minimum atomic E-state index is -0.484. The SMILES string of the molecule is CC(=O)SCCC(=O)OC1C2CC3C(=O)OC1C3O2. The van der Waals surface area contributed by atoms with E-state index in [9.17, 15) is 14.4 Å². The summed E-state index contributed by atoms with van der Waals surface area (Å²) in [6.45, 7) is 1.46. The first kappa shape index (κ1) is 12.9. The highest BCUT2D eigenvalue weighted by molar-refractivity contribution is 8.13. The van der Waals surface area contributed by atoms with Crippen LogP contribution in [0.4, 0.5) is 0 Å².